The molecular weight excluding hydrogens is 822 g/mol. The number of nitrogens with zero attached hydrogens (tertiary/aromatic N) is 4. The van der Waals surface area contributed by atoms with Crippen molar-refractivity contribution >= 4 is 57.0 Å². The van der Waals surface area contributed by atoms with E-state index in [2.05, 4.69) is 41.7 Å². The predicted molar refractivity (Wildman–Crippen MR) is 247 cm³/mol. The standard InChI is InChI=1S/C43H51N7O5.C5H9ClO2/c1-29-13-15-32(16-14-29)50-39(28-38(48-50)43(2,3)4)47-42(53)46-36-17-18-37(35-11-7-6-10-34(35)36)55-33-19-22-44-31(26-33)27-40(51)45-30-20-23-49(24-21-30)41(52)12-8-9-25-54-5;1-2-3-8-4-5(6)7/h6-7,10-11,13-19,22,26,28,30H,8-9,12,20-21,23-25,27H2,1-5H3,(H,45,51)(H2,46,47,53);2-4H2,1H3. The van der Waals surface area contributed by atoms with Gasteiger partial charge in [-0.3, -0.25) is 24.7 Å². The van der Waals surface area contributed by atoms with E-state index in [4.69, 9.17) is 30.9 Å². The maximum atomic E-state index is 13.5. The Kier molecular flexibility index (Phi) is 18.0. The molecule has 0 bridgehead atoms. The van der Waals surface area contributed by atoms with Gasteiger partial charge < -0.3 is 29.7 Å². The maximum Gasteiger partial charge on any atom is 0.324 e. The number of aryl methyl sites for hydroxylation is 1. The molecule has 3 N–H and O–H groups in total. The van der Waals surface area contributed by atoms with E-state index in [0.29, 0.717) is 61.4 Å². The average Bonchev–Trinajstić information content (AvgIpc) is 3.68. The first kappa shape index (κ1) is 48.2. The van der Waals surface area contributed by atoms with Crippen LogP contribution < -0.4 is 20.7 Å². The quantitative estimate of drug-likeness (QED) is 0.0610. The molecule has 5 aromatic rings. The number of nitrogens with one attached hydrogen (secondary N) is 3. The number of rotatable bonds is 17. The van der Waals surface area contributed by atoms with Gasteiger partial charge in [0.15, 0.2) is 0 Å². The summed E-state index contributed by atoms with van der Waals surface area (Å²) in [6.45, 7) is 12.8. The number of hydrogen-bond acceptors (Lipinski definition) is 9. The van der Waals surface area contributed by atoms with Crippen LogP contribution in [-0.4, -0.2) is 88.8 Å². The van der Waals surface area contributed by atoms with Crippen molar-refractivity contribution in [3.05, 3.63) is 102 Å². The number of methoxy groups -OCH3 is 1. The lowest BCUT2D eigenvalue weighted by molar-refractivity contribution is -0.132. The van der Waals surface area contributed by atoms with Crippen LogP contribution in [-0.2, 0) is 35.7 Å². The van der Waals surface area contributed by atoms with Gasteiger partial charge in [-0.1, -0.05) is 69.7 Å². The molecule has 4 amide bonds. The van der Waals surface area contributed by atoms with Crippen LogP contribution in [0.15, 0.2) is 85.1 Å². The lowest BCUT2D eigenvalue weighted by Gasteiger charge is -2.32. The van der Waals surface area contributed by atoms with E-state index in [9.17, 15) is 19.2 Å². The van der Waals surface area contributed by atoms with Crippen LogP contribution in [0.1, 0.15) is 83.2 Å². The highest BCUT2D eigenvalue weighted by molar-refractivity contribution is 6.63. The molecule has 14 nitrogen and oxygen atoms in total. The summed E-state index contributed by atoms with van der Waals surface area (Å²) in [5.41, 5.74) is 3.81. The normalized spacial score (nSPS) is 12.9. The number of halogens is 1. The zero-order valence-electron chi connectivity index (χ0n) is 37.2. The van der Waals surface area contributed by atoms with E-state index < -0.39 is 11.3 Å². The highest BCUT2D eigenvalue weighted by Gasteiger charge is 2.25. The number of likely N-dealkylation sites (tertiary alicyclic amines) is 1. The summed E-state index contributed by atoms with van der Waals surface area (Å²) in [7, 11) is 1.67. The topological polar surface area (TPSA) is 166 Å². The van der Waals surface area contributed by atoms with Crippen molar-refractivity contribution in [2.45, 2.75) is 91.0 Å². The zero-order valence-corrected chi connectivity index (χ0v) is 37.9. The van der Waals surface area contributed by atoms with Crippen molar-refractivity contribution in [3.63, 3.8) is 0 Å². The van der Waals surface area contributed by atoms with Gasteiger partial charge in [0.25, 0.3) is 0 Å². The number of unbranched alkanes of at least 4 members (excludes halogenated alkanes) is 1. The van der Waals surface area contributed by atoms with Crippen molar-refractivity contribution in [2.75, 3.05) is 50.7 Å². The second-order valence-electron chi connectivity index (χ2n) is 16.5. The summed E-state index contributed by atoms with van der Waals surface area (Å²) >= 11 is 4.95. The molecule has 1 aliphatic rings. The fraction of sp³-hybridized carbons (Fsp3) is 0.417. The molecule has 0 atom stereocenters. The molecular formula is C48H60ClN7O7. The van der Waals surface area contributed by atoms with Gasteiger partial charge in [0, 0.05) is 80.4 Å². The van der Waals surface area contributed by atoms with Crippen LogP contribution >= 0.6 is 11.6 Å². The van der Waals surface area contributed by atoms with Gasteiger partial charge in [0.2, 0.25) is 17.1 Å². The van der Waals surface area contributed by atoms with Gasteiger partial charge in [-0.05, 0) is 81.0 Å². The van der Waals surface area contributed by atoms with Crippen LogP contribution in [0.3, 0.4) is 0 Å². The predicted octanol–water partition coefficient (Wildman–Crippen LogP) is 9.11. The molecule has 0 saturated carbocycles. The Morgan fingerprint density at radius 3 is 2.30 bits per heavy atom. The molecule has 6 rings (SSSR count). The Hall–Kier alpha value is -5.83. The van der Waals surface area contributed by atoms with E-state index in [0.717, 1.165) is 59.8 Å². The Bertz CT molecular complexity index is 2300. The Morgan fingerprint density at radius 1 is 0.889 bits per heavy atom. The molecule has 3 heterocycles. The van der Waals surface area contributed by atoms with Crippen molar-refractivity contribution in [3.8, 4) is 17.2 Å². The van der Waals surface area contributed by atoms with Crippen molar-refractivity contribution in [2.24, 2.45) is 0 Å². The molecule has 3 aromatic carbocycles. The number of fused-ring (bicyclic) bond motifs is 1. The SMILES string of the molecule is CCCOCC(=O)Cl.COCCCCC(=O)N1CCC(NC(=O)Cc2cc(Oc3ccc(NC(=O)Nc4cc(C(C)(C)C)nn4-c4ccc(C)cc4)c4ccccc34)ccn2)CC1. The Labute approximate surface area is 375 Å². The fourth-order valence-corrected chi connectivity index (χ4v) is 6.97. The van der Waals surface area contributed by atoms with Gasteiger partial charge in [-0.15, -0.1) is 0 Å². The number of amides is 4. The number of ether oxygens (including phenoxy) is 3. The third-order valence-electron chi connectivity index (χ3n) is 10.3. The molecule has 1 aliphatic heterocycles. The van der Waals surface area contributed by atoms with E-state index in [1.807, 2.05) is 85.5 Å². The van der Waals surface area contributed by atoms with Gasteiger partial charge in [-0.25, -0.2) is 9.48 Å². The van der Waals surface area contributed by atoms with Crippen molar-refractivity contribution < 1.29 is 33.4 Å². The Balaban J connectivity index is 0.000000852. The summed E-state index contributed by atoms with van der Waals surface area (Å²) in [4.78, 5) is 55.3. The average molecular weight is 883 g/mol. The molecule has 336 valence electrons. The monoisotopic (exact) mass is 881 g/mol. The number of carbonyl (C=O) groups is 4. The van der Waals surface area contributed by atoms with E-state index in [1.54, 1.807) is 30.1 Å². The highest BCUT2D eigenvalue weighted by Crippen LogP contribution is 2.35. The number of hydrogen-bond donors (Lipinski definition) is 3. The van der Waals surface area contributed by atoms with Gasteiger partial charge in [-0.2, -0.15) is 5.10 Å². The molecule has 2 aromatic heterocycles. The van der Waals surface area contributed by atoms with Crippen molar-refractivity contribution in [1.29, 1.82) is 0 Å². The first-order valence-electron chi connectivity index (χ1n) is 21.5. The van der Waals surface area contributed by atoms with E-state index in [1.165, 1.54) is 0 Å². The van der Waals surface area contributed by atoms with Gasteiger partial charge >= 0.3 is 6.03 Å². The summed E-state index contributed by atoms with van der Waals surface area (Å²) < 4.78 is 17.9. The summed E-state index contributed by atoms with van der Waals surface area (Å²) in [5.74, 6) is 1.73. The number of pyridine rings is 1. The first-order chi connectivity index (χ1) is 30.2. The largest absolute Gasteiger partial charge is 0.457 e. The van der Waals surface area contributed by atoms with Crippen LogP contribution in [0, 0.1) is 6.92 Å². The number of urea groups is 1. The van der Waals surface area contributed by atoms with Crippen LogP contribution in [0.4, 0.5) is 16.3 Å². The summed E-state index contributed by atoms with van der Waals surface area (Å²) in [6, 6.07) is 24.3. The van der Waals surface area contributed by atoms with Gasteiger partial charge in [0.1, 0.15) is 23.9 Å². The third-order valence-corrected chi connectivity index (χ3v) is 10.4. The van der Waals surface area contributed by atoms with Crippen LogP contribution in [0.5, 0.6) is 11.5 Å². The number of anilines is 2. The Morgan fingerprint density at radius 2 is 1.62 bits per heavy atom. The molecule has 0 spiro atoms. The second kappa shape index (κ2) is 23.6. The molecule has 0 aliphatic carbocycles. The molecule has 0 unspecified atom stereocenters. The minimum Gasteiger partial charge on any atom is -0.457 e. The second-order valence-corrected chi connectivity index (χ2v) is 16.9. The lowest BCUT2D eigenvalue weighted by atomic mass is 9.92. The highest BCUT2D eigenvalue weighted by atomic mass is 35.5. The minimum absolute atomic E-state index is 0.0151. The number of piperidine rings is 1. The maximum absolute atomic E-state index is 13.5. The first-order valence-corrected chi connectivity index (χ1v) is 21.8. The molecule has 1 saturated heterocycles. The minimum atomic E-state index is -0.432. The number of benzene rings is 3. The fourth-order valence-electron chi connectivity index (χ4n) is 6.90. The number of carbonyl (C=O) groups excluding carboxylic acids is 4. The van der Waals surface area contributed by atoms with Crippen LogP contribution in [0.2, 0.25) is 0 Å². The van der Waals surface area contributed by atoms with Crippen molar-refractivity contribution in [1.82, 2.24) is 25.0 Å². The smallest absolute Gasteiger partial charge is 0.324 e. The molecule has 1 fully saturated rings. The van der Waals surface area contributed by atoms with E-state index >= 15 is 0 Å². The van der Waals surface area contributed by atoms with E-state index in [-0.39, 0.29) is 36.3 Å². The zero-order chi connectivity index (χ0) is 45.4. The van der Waals surface area contributed by atoms with Crippen LogP contribution in [0.25, 0.3) is 16.5 Å². The van der Waals surface area contributed by atoms with Gasteiger partial charge in [0.05, 0.1) is 29.2 Å². The molecule has 0 radical (unpaired) electrons. The summed E-state index contributed by atoms with van der Waals surface area (Å²) in [5, 5.41) is 15.1. The third kappa shape index (κ3) is 14.9. The molecule has 63 heavy (non-hydrogen) atoms. The summed E-state index contributed by atoms with van der Waals surface area (Å²) in [6.07, 6.45) is 6.32. The number of aromatic nitrogens is 3. The lowest BCUT2D eigenvalue weighted by Crippen LogP contribution is -2.46. The molecule has 15 heteroatoms.